The van der Waals surface area contributed by atoms with Crippen molar-refractivity contribution >= 4 is 21.7 Å². The number of hydrogen-bond donors (Lipinski definition) is 0. The minimum Gasteiger partial charge on any atom is -0.356 e. The summed E-state index contributed by atoms with van der Waals surface area (Å²) in [6, 6.07) is 3.89. The molecule has 1 saturated heterocycles. The molecule has 0 bridgehead atoms. The maximum atomic E-state index is 12.1. The van der Waals surface area contributed by atoms with Crippen molar-refractivity contribution in [1.29, 1.82) is 0 Å². The maximum absolute atomic E-state index is 12.1. The maximum Gasteiger partial charge on any atom is 0.128 e. The first-order chi connectivity index (χ1) is 6.29. The van der Waals surface area contributed by atoms with Gasteiger partial charge in [-0.2, -0.15) is 0 Å². The number of anilines is 1. The zero-order chi connectivity index (χ0) is 9.26. The summed E-state index contributed by atoms with van der Waals surface area (Å²) in [4.78, 5) is 6.31. The van der Waals surface area contributed by atoms with Gasteiger partial charge in [-0.1, -0.05) is 0 Å². The molecule has 2 heterocycles. The van der Waals surface area contributed by atoms with Gasteiger partial charge in [0, 0.05) is 29.7 Å². The van der Waals surface area contributed by atoms with Gasteiger partial charge < -0.3 is 4.90 Å². The summed E-state index contributed by atoms with van der Waals surface area (Å²) < 4.78 is 13.1. The highest BCUT2D eigenvalue weighted by Gasteiger charge is 2.27. The molecule has 2 nitrogen and oxygen atoms in total. The molecular formula is C9H10BrFN2. The van der Waals surface area contributed by atoms with Gasteiger partial charge in [-0.05, 0) is 28.1 Å². The number of rotatable bonds is 2. The zero-order valence-corrected chi connectivity index (χ0v) is 8.67. The second kappa shape index (κ2) is 3.62. The second-order valence-electron chi connectivity index (χ2n) is 3.26. The van der Waals surface area contributed by atoms with Gasteiger partial charge in [0.05, 0.1) is 6.67 Å². The predicted octanol–water partition coefficient (Wildman–Crippen LogP) is 2.25. The Kier molecular flexibility index (Phi) is 2.49. The lowest BCUT2D eigenvalue weighted by atomic mass is 10.0. The molecule has 1 fully saturated rings. The summed E-state index contributed by atoms with van der Waals surface area (Å²) in [7, 11) is 0. The second-order valence-corrected chi connectivity index (χ2v) is 4.18. The van der Waals surface area contributed by atoms with Gasteiger partial charge in [0.15, 0.2) is 0 Å². The number of aromatic nitrogens is 1. The summed E-state index contributed by atoms with van der Waals surface area (Å²) in [5.41, 5.74) is 0. The van der Waals surface area contributed by atoms with Crippen LogP contribution >= 0.6 is 15.9 Å². The standard InChI is InChI=1S/C9H10BrFN2/c10-8-1-2-9(12-4-8)13-5-7(3-11)6-13/h1-2,4,7H,3,5-6H2. The largest absolute Gasteiger partial charge is 0.356 e. The lowest BCUT2D eigenvalue weighted by Gasteiger charge is -2.38. The first-order valence-electron chi connectivity index (χ1n) is 4.22. The molecule has 4 heteroatoms. The molecule has 0 amide bonds. The number of nitrogens with zero attached hydrogens (tertiary/aromatic N) is 2. The molecule has 0 N–H and O–H groups in total. The Bertz CT molecular complexity index is 282. The highest BCUT2D eigenvalue weighted by atomic mass is 79.9. The first-order valence-corrected chi connectivity index (χ1v) is 5.01. The molecule has 1 aliphatic rings. The molecule has 2 rings (SSSR count). The highest BCUT2D eigenvalue weighted by molar-refractivity contribution is 9.10. The van der Waals surface area contributed by atoms with E-state index >= 15 is 0 Å². The average Bonchev–Trinajstić information content (AvgIpc) is 2.06. The van der Waals surface area contributed by atoms with E-state index in [1.165, 1.54) is 0 Å². The van der Waals surface area contributed by atoms with Crippen LogP contribution < -0.4 is 4.90 Å². The summed E-state index contributed by atoms with van der Waals surface area (Å²) in [6.45, 7) is 1.38. The average molecular weight is 245 g/mol. The molecule has 0 unspecified atom stereocenters. The molecule has 0 spiro atoms. The lowest BCUT2D eigenvalue weighted by Crippen LogP contribution is -2.48. The summed E-state index contributed by atoms with van der Waals surface area (Å²) in [5, 5.41) is 0. The van der Waals surface area contributed by atoms with Crippen molar-refractivity contribution in [2.75, 3.05) is 24.7 Å². The monoisotopic (exact) mass is 244 g/mol. The van der Waals surface area contributed by atoms with Crippen LogP contribution in [0.5, 0.6) is 0 Å². The quantitative estimate of drug-likeness (QED) is 0.794. The Balaban J connectivity index is 1.99. The van der Waals surface area contributed by atoms with E-state index in [0.717, 1.165) is 23.4 Å². The number of halogens is 2. The van der Waals surface area contributed by atoms with Gasteiger partial charge in [-0.15, -0.1) is 0 Å². The summed E-state index contributed by atoms with van der Waals surface area (Å²) in [5.74, 6) is 1.15. The SMILES string of the molecule is FCC1CN(c2ccc(Br)cn2)C1. The molecule has 0 aromatic carbocycles. The molecule has 0 radical (unpaired) electrons. The van der Waals surface area contributed by atoms with E-state index < -0.39 is 0 Å². The van der Waals surface area contributed by atoms with Crippen molar-refractivity contribution in [3.05, 3.63) is 22.8 Å². The fourth-order valence-electron chi connectivity index (χ4n) is 1.41. The number of pyridine rings is 1. The van der Waals surface area contributed by atoms with Crippen molar-refractivity contribution in [3.63, 3.8) is 0 Å². The molecule has 0 atom stereocenters. The van der Waals surface area contributed by atoms with E-state index in [0.29, 0.717) is 0 Å². The van der Waals surface area contributed by atoms with Crippen LogP contribution in [-0.2, 0) is 0 Å². The molecule has 13 heavy (non-hydrogen) atoms. The smallest absolute Gasteiger partial charge is 0.128 e. The molecule has 1 aromatic heterocycles. The molecule has 1 aromatic rings. The summed E-state index contributed by atoms with van der Waals surface area (Å²) in [6.07, 6.45) is 1.76. The molecule has 0 saturated carbocycles. The highest BCUT2D eigenvalue weighted by Crippen LogP contribution is 2.23. The lowest BCUT2D eigenvalue weighted by molar-refractivity contribution is 0.305. The Morgan fingerprint density at radius 1 is 1.54 bits per heavy atom. The Hall–Kier alpha value is -0.640. The van der Waals surface area contributed by atoms with Crippen LogP contribution in [0.25, 0.3) is 0 Å². The van der Waals surface area contributed by atoms with Gasteiger partial charge in [0.1, 0.15) is 5.82 Å². The van der Waals surface area contributed by atoms with Crippen LogP contribution in [0, 0.1) is 5.92 Å². The van der Waals surface area contributed by atoms with E-state index in [4.69, 9.17) is 0 Å². The fraction of sp³-hybridized carbons (Fsp3) is 0.444. The molecule has 1 aliphatic heterocycles. The van der Waals surface area contributed by atoms with Crippen LogP contribution in [0.4, 0.5) is 10.2 Å². The van der Waals surface area contributed by atoms with Crippen LogP contribution in [0.15, 0.2) is 22.8 Å². The third-order valence-electron chi connectivity index (χ3n) is 2.21. The van der Waals surface area contributed by atoms with Crippen molar-refractivity contribution in [3.8, 4) is 0 Å². The van der Waals surface area contributed by atoms with E-state index in [-0.39, 0.29) is 12.6 Å². The number of alkyl halides is 1. The van der Waals surface area contributed by atoms with Crippen molar-refractivity contribution in [1.82, 2.24) is 4.98 Å². The normalized spacial score (nSPS) is 17.2. The minimum atomic E-state index is -0.215. The van der Waals surface area contributed by atoms with E-state index in [2.05, 4.69) is 25.8 Å². The van der Waals surface area contributed by atoms with Crippen molar-refractivity contribution in [2.24, 2.45) is 5.92 Å². The van der Waals surface area contributed by atoms with E-state index in [1.54, 1.807) is 6.20 Å². The number of hydrogen-bond acceptors (Lipinski definition) is 2. The van der Waals surface area contributed by atoms with Crippen LogP contribution in [0.3, 0.4) is 0 Å². The Morgan fingerprint density at radius 2 is 2.31 bits per heavy atom. The Morgan fingerprint density at radius 3 is 2.85 bits per heavy atom. The van der Waals surface area contributed by atoms with Gasteiger partial charge in [0.2, 0.25) is 0 Å². The van der Waals surface area contributed by atoms with E-state index in [9.17, 15) is 4.39 Å². The summed E-state index contributed by atoms with van der Waals surface area (Å²) >= 11 is 3.32. The van der Waals surface area contributed by atoms with E-state index in [1.807, 2.05) is 12.1 Å². The molecule has 0 aliphatic carbocycles. The molecule has 70 valence electrons. The van der Waals surface area contributed by atoms with Crippen molar-refractivity contribution in [2.45, 2.75) is 0 Å². The third-order valence-corrected chi connectivity index (χ3v) is 2.68. The van der Waals surface area contributed by atoms with Gasteiger partial charge in [-0.3, -0.25) is 4.39 Å². The fourth-order valence-corrected chi connectivity index (χ4v) is 1.64. The van der Waals surface area contributed by atoms with Gasteiger partial charge in [-0.25, -0.2) is 4.98 Å². The van der Waals surface area contributed by atoms with Crippen LogP contribution in [-0.4, -0.2) is 24.7 Å². The minimum absolute atomic E-state index is 0.213. The van der Waals surface area contributed by atoms with Crippen LogP contribution in [0.1, 0.15) is 0 Å². The first kappa shape index (κ1) is 8.94. The Labute approximate surface area is 84.9 Å². The zero-order valence-electron chi connectivity index (χ0n) is 7.08. The topological polar surface area (TPSA) is 16.1 Å². The van der Waals surface area contributed by atoms with Gasteiger partial charge >= 0.3 is 0 Å². The predicted molar refractivity (Wildman–Crippen MR) is 53.6 cm³/mol. The van der Waals surface area contributed by atoms with Crippen molar-refractivity contribution < 1.29 is 4.39 Å². The van der Waals surface area contributed by atoms with Gasteiger partial charge in [0.25, 0.3) is 0 Å². The third kappa shape index (κ3) is 1.82. The van der Waals surface area contributed by atoms with Crippen LogP contribution in [0.2, 0.25) is 0 Å². The molecular weight excluding hydrogens is 235 g/mol.